The van der Waals surface area contributed by atoms with E-state index in [0.29, 0.717) is 35.0 Å². The third kappa shape index (κ3) is 3.14. The SMILES string of the molecule is CC(=O)SCC1CC(=O)N(c2cccc(Cl)c2C#N)C1. The zero-order valence-electron chi connectivity index (χ0n) is 10.9. The maximum atomic E-state index is 12.1. The Kier molecular flexibility index (Phi) is 4.69. The van der Waals surface area contributed by atoms with Crippen LogP contribution >= 0.6 is 23.4 Å². The maximum Gasteiger partial charge on any atom is 0.227 e. The van der Waals surface area contributed by atoms with Crippen LogP contribution in [-0.4, -0.2) is 23.3 Å². The highest BCUT2D eigenvalue weighted by molar-refractivity contribution is 8.13. The number of nitriles is 1. The molecule has 0 spiro atoms. The molecule has 1 aromatic carbocycles. The number of halogens is 1. The van der Waals surface area contributed by atoms with Crippen LogP contribution in [-0.2, 0) is 9.59 Å². The molecule has 0 saturated carbocycles. The van der Waals surface area contributed by atoms with E-state index in [1.165, 1.54) is 18.7 Å². The predicted molar refractivity (Wildman–Crippen MR) is 79.8 cm³/mol. The fourth-order valence-corrected chi connectivity index (χ4v) is 3.12. The molecule has 1 amide bonds. The highest BCUT2D eigenvalue weighted by Crippen LogP contribution is 2.32. The molecular weight excluding hydrogens is 296 g/mol. The summed E-state index contributed by atoms with van der Waals surface area (Å²) >= 11 is 7.22. The van der Waals surface area contributed by atoms with Crippen LogP contribution < -0.4 is 4.90 Å². The zero-order valence-corrected chi connectivity index (χ0v) is 12.5. The second kappa shape index (κ2) is 6.29. The molecule has 1 atom stereocenters. The van der Waals surface area contributed by atoms with Gasteiger partial charge in [-0.1, -0.05) is 29.4 Å². The highest BCUT2D eigenvalue weighted by Gasteiger charge is 2.32. The summed E-state index contributed by atoms with van der Waals surface area (Å²) in [6.07, 6.45) is 0.400. The maximum absolute atomic E-state index is 12.1. The van der Waals surface area contributed by atoms with Gasteiger partial charge in [-0.05, 0) is 18.1 Å². The van der Waals surface area contributed by atoms with Crippen LogP contribution in [0.4, 0.5) is 5.69 Å². The Labute approximate surface area is 126 Å². The number of benzene rings is 1. The molecule has 0 aromatic heterocycles. The van der Waals surface area contributed by atoms with E-state index in [4.69, 9.17) is 16.9 Å². The first-order chi connectivity index (χ1) is 9.52. The Bertz CT molecular complexity index is 597. The third-order valence-corrected chi connectivity index (χ3v) is 4.48. The second-order valence-electron chi connectivity index (χ2n) is 4.62. The normalized spacial score (nSPS) is 18.1. The summed E-state index contributed by atoms with van der Waals surface area (Å²) in [5.74, 6) is 0.722. The highest BCUT2D eigenvalue weighted by atomic mass is 35.5. The van der Waals surface area contributed by atoms with Crippen molar-refractivity contribution in [1.82, 2.24) is 0 Å². The van der Waals surface area contributed by atoms with Crippen molar-refractivity contribution in [2.45, 2.75) is 13.3 Å². The summed E-state index contributed by atoms with van der Waals surface area (Å²) in [6, 6.07) is 7.12. The van der Waals surface area contributed by atoms with Crippen LogP contribution in [0.25, 0.3) is 0 Å². The Morgan fingerprint density at radius 1 is 1.60 bits per heavy atom. The predicted octanol–water partition coefficient (Wildman–Crippen LogP) is 2.84. The van der Waals surface area contributed by atoms with Gasteiger partial charge in [0, 0.05) is 25.6 Å². The van der Waals surface area contributed by atoms with Crippen molar-refractivity contribution in [3.63, 3.8) is 0 Å². The van der Waals surface area contributed by atoms with Crippen molar-refractivity contribution in [2.75, 3.05) is 17.2 Å². The van der Waals surface area contributed by atoms with Crippen molar-refractivity contribution in [3.8, 4) is 6.07 Å². The molecule has 0 bridgehead atoms. The van der Waals surface area contributed by atoms with Crippen molar-refractivity contribution < 1.29 is 9.59 Å². The largest absolute Gasteiger partial charge is 0.311 e. The lowest BCUT2D eigenvalue weighted by atomic mass is 10.1. The number of amides is 1. The van der Waals surface area contributed by atoms with Crippen LogP contribution in [0.2, 0.25) is 5.02 Å². The van der Waals surface area contributed by atoms with E-state index < -0.39 is 0 Å². The van der Waals surface area contributed by atoms with Gasteiger partial charge in [0.25, 0.3) is 0 Å². The van der Waals surface area contributed by atoms with Gasteiger partial charge in [0.05, 0.1) is 16.3 Å². The summed E-state index contributed by atoms with van der Waals surface area (Å²) in [4.78, 5) is 24.7. The number of carbonyl (C=O) groups is 2. The van der Waals surface area contributed by atoms with Gasteiger partial charge in [0.15, 0.2) is 5.12 Å². The average Bonchev–Trinajstić information content (AvgIpc) is 2.77. The fourth-order valence-electron chi connectivity index (χ4n) is 2.21. The summed E-state index contributed by atoms with van der Waals surface area (Å²) in [7, 11) is 0. The Morgan fingerprint density at radius 2 is 2.35 bits per heavy atom. The minimum Gasteiger partial charge on any atom is -0.311 e. The molecule has 6 heteroatoms. The first-order valence-corrected chi connectivity index (χ1v) is 7.51. The Morgan fingerprint density at radius 3 is 3.00 bits per heavy atom. The second-order valence-corrected chi connectivity index (χ2v) is 6.23. The number of hydrogen-bond acceptors (Lipinski definition) is 4. The van der Waals surface area contributed by atoms with Crippen molar-refractivity contribution in [3.05, 3.63) is 28.8 Å². The molecule has 1 aliphatic heterocycles. The topological polar surface area (TPSA) is 61.2 Å². The number of thioether (sulfide) groups is 1. The minimum atomic E-state index is -0.0297. The molecule has 0 radical (unpaired) electrons. The lowest BCUT2D eigenvalue weighted by molar-refractivity contribution is -0.117. The van der Waals surface area contributed by atoms with E-state index in [9.17, 15) is 9.59 Å². The van der Waals surface area contributed by atoms with Gasteiger partial charge >= 0.3 is 0 Å². The van der Waals surface area contributed by atoms with Gasteiger partial charge in [-0.25, -0.2) is 0 Å². The summed E-state index contributed by atoms with van der Waals surface area (Å²) in [5, 5.41) is 9.57. The molecule has 0 aliphatic carbocycles. The summed E-state index contributed by atoms with van der Waals surface area (Å²) in [6.45, 7) is 2.04. The first-order valence-electron chi connectivity index (χ1n) is 6.15. The molecule has 2 rings (SSSR count). The van der Waals surface area contributed by atoms with Crippen LogP contribution in [0, 0.1) is 17.2 Å². The molecule has 20 heavy (non-hydrogen) atoms. The number of rotatable bonds is 3. The molecule has 104 valence electrons. The van der Waals surface area contributed by atoms with E-state index in [0.717, 1.165) is 0 Å². The smallest absolute Gasteiger partial charge is 0.227 e. The fraction of sp³-hybridized carbons (Fsp3) is 0.357. The lowest BCUT2D eigenvalue weighted by Gasteiger charge is -2.18. The third-order valence-electron chi connectivity index (χ3n) is 3.12. The molecule has 1 heterocycles. The standard InChI is InChI=1S/C14H13ClN2O2S/c1-9(18)20-8-10-5-14(19)17(7-10)13-4-2-3-12(15)11(13)6-16/h2-4,10H,5,7-8H2,1H3. The quantitative estimate of drug-likeness (QED) is 0.861. The first kappa shape index (κ1) is 14.9. The average molecular weight is 309 g/mol. The number of carbonyl (C=O) groups excluding carboxylic acids is 2. The molecule has 1 aromatic rings. The summed E-state index contributed by atoms with van der Waals surface area (Å²) < 4.78 is 0. The van der Waals surface area contributed by atoms with Gasteiger partial charge < -0.3 is 4.90 Å². The molecule has 1 aliphatic rings. The van der Waals surface area contributed by atoms with Crippen LogP contribution in [0.3, 0.4) is 0 Å². The van der Waals surface area contributed by atoms with Crippen LogP contribution in [0.5, 0.6) is 0 Å². The van der Waals surface area contributed by atoms with Gasteiger partial charge in [0.1, 0.15) is 6.07 Å². The van der Waals surface area contributed by atoms with Crippen molar-refractivity contribution >= 4 is 40.1 Å². The summed E-state index contributed by atoms with van der Waals surface area (Å²) in [5.41, 5.74) is 0.878. The molecule has 1 saturated heterocycles. The molecule has 0 N–H and O–H groups in total. The number of hydrogen-bond donors (Lipinski definition) is 0. The molecule has 4 nitrogen and oxygen atoms in total. The van der Waals surface area contributed by atoms with E-state index in [2.05, 4.69) is 0 Å². The Hall–Kier alpha value is -1.51. The van der Waals surface area contributed by atoms with Crippen molar-refractivity contribution in [2.24, 2.45) is 5.92 Å². The monoisotopic (exact) mass is 308 g/mol. The molecular formula is C14H13ClN2O2S. The molecule has 1 fully saturated rings. The van der Waals surface area contributed by atoms with E-state index in [1.54, 1.807) is 23.1 Å². The van der Waals surface area contributed by atoms with Gasteiger partial charge in [-0.3, -0.25) is 9.59 Å². The zero-order chi connectivity index (χ0) is 14.7. The lowest BCUT2D eigenvalue weighted by Crippen LogP contribution is -2.25. The van der Waals surface area contributed by atoms with E-state index in [1.807, 2.05) is 6.07 Å². The van der Waals surface area contributed by atoms with Gasteiger partial charge in [-0.15, -0.1) is 0 Å². The minimum absolute atomic E-state index is 0.0297. The van der Waals surface area contributed by atoms with Gasteiger partial charge in [-0.2, -0.15) is 5.26 Å². The van der Waals surface area contributed by atoms with E-state index >= 15 is 0 Å². The van der Waals surface area contributed by atoms with Gasteiger partial charge in [0.2, 0.25) is 5.91 Å². The van der Waals surface area contributed by atoms with E-state index in [-0.39, 0.29) is 16.9 Å². The van der Waals surface area contributed by atoms with Crippen LogP contribution in [0.1, 0.15) is 18.9 Å². The Balaban J connectivity index is 2.18. The van der Waals surface area contributed by atoms with Crippen molar-refractivity contribution in [1.29, 1.82) is 5.26 Å². The number of nitrogens with zero attached hydrogens (tertiary/aromatic N) is 2. The number of anilines is 1. The molecule has 1 unspecified atom stereocenters. The van der Waals surface area contributed by atoms with Crippen LogP contribution in [0.15, 0.2) is 18.2 Å².